The molecule has 212 valence electrons. The molecule has 5 N–H and O–H groups in total. The molecule has 1 aliphatic rings. The van der Waals surface area contributed by atoms with E-state index in [0.717, 1.165) is 12.8 Å². The lowest BCUT2D eigenvalue weighted by atomic mass is 10.1. The van der Waals surface area contributed by atoms with Crippen LogP contribution in [0.4, 0.5) is 0 Å². The fourth-order valence-electron chi connectivity index (χ4n) is 3.63. The van der Waals surface area contributed by atoms with E-state index in [0.29, 0.717) is 85.2 Å². The molecule has 1 rings (SSSR count). The first-order valence-corrected chi connectivity index (χ1v) is 13.8. The molecule has 36 heavy (non-hydrogen) atoms. The Morgan fingerprint density at radius 1 is 0.917 bits per heavy atom. The van der Waals surface area contributed by atoms with E-state index in [1.54, 1.807) is 0 Å². The molecule has 1 heterocycles. The predicted molar refractivity (Wildman–Crippen MR) is 132 cm³/mol. The highest BCUT2D eigenvalue weighted by Gasteiger charge is 2.35. The van der Waals surface area contributed by atoms with E-state index in [-0.39, 0.29) is 37.4 Å². The molecule has 0 aromatic carbocycles. The van der Waals surface area contributed by atoms with Crippen LogP contribution in [0.1, 0.15) is 38.5 Å². The molecule has 1 saturated heterocycles. The number of aliphatic hydroxyl groups excluding tert-OH is 1. The third kappa shape index (κ3) is 16.6. The molecule has 1 unspecified atom stereocenters. The van der Waals surface area contributed by atoms with Gasteiger partial charge in [-0.05, 0) is 19.3 Å². The number of rotatable bonds is 23. The maximum atomic E-state index is 12.4. The molecule has 0 spiro atoms. The van der Waals surface area contributed by atoms with Crippen LogP contribution in [0, 0.1) is 0 Å². The molecule has 13 nitrogen and oxygen atoms in total. The van der Waals surface area contributed by atoms with Gasteiger partial charge in [0.05, 0.1) is 71.6 Å². The number of hydrogen-bond donors (Lipinski definition) is 4. The molecule has 2 amide bonds. The van der Waals surface area contributed by atoms with E-state index in [4.69, 9.17) is 34.1 Å². The minimum atomic E-state index is -3.08. The van der Waals surface area contributed by atoms with Gasteiger partial charge < -0.3 is 49.4 Å². The first-order chi connectivity index (χ1) is 17.5. The number of ether oxygens (including phenoxy) is 4. The summed E-state index contributed by atoms with van der Waals surface area (Å²) >= 11 is 0. The Morgan fingerprint density at radius 3 is 2.11 bits per heavy atom. The zero-order chi connectivity index (χ0) is 26.4. The summed E-state index contributed by atoms with van der Waals surface area (Å²) in [6, 6.07) is -0.386. The summed E-state index contributed by atoms with van der Waals surface area (Å²) < 4.78 is 37.0. The van der Waals surface area contributed by atoms with Gasteiger partial charge in [-0.15, -0.1) is 0 Å². The van der Waals surface area contributed by atoms with Gasteiger partial charge in [0.2, 0.25) is 11.8 Å². The topological polar surface area (TPSA) is 179 Å². The van der Waals surface area contributed by atoms with Gasteiger partial charge in [-0.1, -0.05) is 6.42 Å². The smallest absolute Gasteiger partial charge is 0.316 e. The monoisotopic (exact) mass is 541 g/mol. The van der Waals surface area contributed by atoms with Crippen LogP contribution < -0.4 is 11.1 Å². The van der Waals surface area contributed by atoms with Crippen molar-refractivity contribution < 1.29 is 47.6 Å². The molecular weight excluding hydrogens is 497 g/mol. The molecule has 0 saturated carbocycles. The molecule has 1 fully saturated rings. The summed E-state index contributed by atoms with van der Waals surface area (Å²) in [5, 5.41) is 12.3. The average Bonchev–Trinajstić information content (AvgIpc) is 3.26. The van der Waals surface area contributed by atoms with E-state index in [1.807, 2.05) is 0 Å². The predicted octanol–water partition coefficient (Wildman–Crippen LogP) is -0.561. The fourth-order valence-corrected chi connectivity index (χ4v) is 4.08. The third-order valence-electron chi connectivity index (χ3n) is 5.42. The van der Waals surface area contributed by atoms with Crippen molar-refractivity contribution in [3.8, 4) is 0 Å². The Balaban J connectivity index is 1.92. The molecule has 0 aliphatic carbocycles. The summed E-state index contributed by atoms with van der Waals surface area (Å²) in [4.78, 5) is 34.7. The van der Waals surface area contributed by atoms with Crippen LogP contribution in [-0.4, -0.2) is 118 Å². The van der Waals surface area contributed by atoms with Crippen LogP contribution >= 0.6 is 8.25 Å². The van der Waals surface area contributed by atoms with Crippen molar-refractivity contribution in [2.45, 2.75) is 50.7 Å². The first kappa shape index (κ1) is 32.9. The lowest BCUT2D eigenvalue weighted by Gasteiger charge is -2.22. The second-order valence-electron chi connectivity index (χ2n) is 8.27. The number of nitrogens with two attached hydrogens (primary N) is 1. The van der Waals surface area contributed by atoms with Gasteiger partial charge in [0.15, 0.2) is 0 Å². The van der Waals surface area contributed by atoms with Gasteiger partial charge in [0.1, 0.15) is 0 Å². The largest absolute Gasteiger partial charge is 0.394 e. The van der Waals surface area contributed by atoms with Crippen molar-refractivity contribution in [2.24, 2.45) is 5.73 Å². The number of carbonyl (C=O) groups excluding carboxylic acids is 2. The fraction of sp³-hybridized carbons (Fsp3) is 0.909. The summed E-state index contributed by atoms with van der Waals surface area (Å²) in [5.74, 6) is -0.197. The van der Waals surface area contributed by atoms with E-state index < -0.39 is 14.4 Å². The van der Waals surface area contributed by atoms with E-state index >= 15 is 0 Å². The van der Waals surface area contributed by atoms with Crippen LogP contribution in [0.25, 0.3) is 0 Å². The highest BCUT2D eigenvalue weighted by atomic mass is 31.1. The van der Waals surface area contributed by atoms with Gasteiger partial charge in [0.25, 0.3) is 0 Å². The standard InChI is InChI=1S/C22H44N3O10P/c23-6-9-32-11-13-34-15-14-33-12-10-31-8-5-21(27)24-7-3-1-2-4-22(28)25-17-20(35-36(29)30)16-19(25)18-26/h19-20,26,36H,1-18,23H2,(H,24,27)(H,29,30)/t19-,20+/m0/s1. The number of hydrogen-bond acceptors (Lipinski definition) is 10. The van der Waals surface area contributed by atoms with Crippen molar-refractivity contribution in [3.63, 3.8) is 0 Å². The number of amides is 2. The van der Waals surface area contributed by atoms with Crippen molar-refractivity contribution >= 4 is 20.1 Å². The Hall–Kier alpha value is -1.15. The van der Waals surface area contributed by atoms with Crippen LogP contribution in [0.15, 0.2) is 0 Å². The van der Waals surface area contributed by atoms with E-state index in [9.17, 15) is 19.3 Å². The quantitative estimate of drug-likeness (QED) is 0.0962. The highest BCUT2D eigenvalue weighted by molar-refractivity contribution is 7.32. The van der Waals surface area contributed by atoms with Gasteiger partial charge in [-0.25, -0.2) is 0 Å². The molecule has 3 atom stereocenters. The second-order valence-corrected chi connectivity index (χ2v) is 9.04. The Kier molecular flexibility index (Phi) is 20.0. The molecular formula is C22H44N3O10P. The van der Waals surface area contributed by atoms with Gasteiger partial charge in [0, 0.05) is 32.5 Å². The van der Waals surface area contributed by atoms with Crippen LogP contribution in [0.3, 0.4) is 0 Å². The molecule has 14 heteroatoms. The summed E-state index contributed by atoms with van der Waals surface area (Å²) in [5.41, 5.74) is 5.31. The highest BCUT2D eigenvalue weighted by Crippen LogP contribution is 2.28. The second kappa shape index (κ2) is 21.9. The zero-order valence-electron chi connectivity index (χ0n) is 21.1. The molecule has 1 aliphatic heterocycles. The van der Waals surface area contributed by atoms with Crippen molar-refractivity contribution in [1.82, 2.24) is 10.2 Å². The van der Waals surface area contributed by atoms with Gasteiger partial charge in [-0.2, -0.15) is 0 Å². The molecule has 0 aromatic rings. The maximum absolute atomic E-state index is 12.4. The molecule has 0 aromatic heterocycles. The minimum Gasteiger partial charge on any atom is -0.394 e. The number of carbonyl (C=O) groups is 2. The van der Waals surface area contributed by atoms with Crippen LogP contribution in [0.2, 0.25) is 0 Å². The molecule has 0 bridgehead atoms. The maximum Gasteiger partial charge on any atom is 0.316 e. The lowest BCUT2D eigenvalue weighted by Crippen LogP contribution is -2.37. The summed E-state index contributed by atoms with van der Waals surface area (Å²) in [6.07, 6.45) is 2.59. The van der Waals surface area contributed by atoms with Crippen molar-refractivity contribution in [2.75, 3.05) is 79.1 Å². The SMILES string of the molecule is NCCOCCOCCOCCOCCC(=O)NCCCCCC(=O)N1C[C@H](O[PH](=O)O)C[C@H]1CO. The minimum absolute atomic E-state index is 0.0886. The number of aliphatic hydroxyl groups is 1. The van der Waals surface area contributed by atoms with E-state index in [1.165, 1.54) is 4.90 Å². The number of nitrogens with one attached hydrogen (secondary N) is 1. The number of likely N-dealkylation sites (tertiary alicyclic amines) is 1. The van der Waals surface area contributed by atoms with E-state index in [2.05, 4.69) is 5.32 Å². The van der Waals surface area contributed by atoms with Crippen molar-refractivity contribution in [3.05, 3.63) is 0 Å². The average molecular weight is 542 g/mol. The molecule has 0 radical (unpaired) electrons. The van der Waals surface area contributed by atoms with Crippen LogP contribution in [0.5, 0.6) is 0 Å². The number of unbranched alkanes of at least 4 members (excludes halogenated alkanes) is 2. The lowest BCUT2D eigenvalue weighted by molar-refractivity contribution is -0.133. The first-order valence-electron chi connectivity index (χ1n) is 12.6. The van der Waals surface area contributed by atoms with Gasteiger partial charge in [-0.3, -0.25) is 14.2 Å². The normalized spacial score (nSPS) is 18.5. The van der Waals surface area contributed by atoms with Crippen LogP contribution in [-0.2, 0) is 37.6 Å². The Labute approximate surface area is 213 Å². The van der Waals surface area contributed by atoms with Gasteiger partial charge >= 0.3 is 8.25 Å². The Bertz CT molecular complexity index is 617. The summed E-state index contributed by atoms with van der Waals surface area (Å²) in [6.45, 7) is 4.68. The zero-order valence-corrected chi connectivity index (χ0v) is 22.1. The van der Waals surface area contributed by atoms with Crippen molar-refractivity contribution in [1.29, 1.82) is 0 Å². The summed E-state index contributed by atoms with van der Waals surface area (Å²) in [7, 11) is -3.08. The number of nitrogens with zero attached hydrogens (tertiary/aromatic N) is 1. The Morgan fingerprint density at radius 2 is 1.53 bits per heavy atom. The third-order valence-corrected chi connectivity index (χ3v) is 5.95.